The number of carbonyl (C=O) groups is 2. The zero-order valence-corrected chi connectivity index (χ0v) is 14.2. The minimum absolute atomic E-state index is 0.0199. The van der Waals surface area contributed by atoms with Crippen molar-refractivity contribution in [2.75, 3.05) is 39.3 Å². The fraction of sp³-hybridized carbons (Fsp3) is 0.412. The van der Waals surface area contributed by atoms with Crippen LogP contribution in [0, 0.1) is 10.1 Å². The number of rotatable bonds is 6. The lowest BCUT2D eigenvalue weighted by Gasteiger charge is -2.34. The first-order chi connectivity index (χ1) is 12.0. The van der Waals surface area contributed by atoms with Crippen LogP contribution in [-0.4, -0.2) is 65.8 Å². The average molecular weight is 346 g/mol. The van der Waals surface area contributed by atoms with Crippen LogP contribution in [0.25, 0.3) is 6.08 Å². The predicted molar refractivity (Wildman–Crippen MR) is 93.8 cm³/mol. The lowest BCUT2D eigenvalue weighted by Crippen LogP contribution is -2.49. The lowest BCUT2D eigenvalue weighted by molar-refractivity contribution is -0.384. The van der Waals surface area contributed by atoms with Gasteiger partial charge in [0.05, 0.1) is 4.92 Å². The van der Waals surface area contributed by atoms with Gasteiger partial charge in [-0.25, -0.2) is 0 Å². The van der Waals surface area contributed by atoms with Crippen LogP contribution >= 0.6 is 0 Å². The monoisotopic (exact) mass is 346 g/mol. The maximum atomic E-state index is 11.8. The Morgan fingerprint density at radius 2 is 1.84 bits per heavy atom. The van der Waals surface area contributed by atoms with E-state index in [4.69, 9.17) is 0 Å². The quantitative estimate of drug-likeness (QED) is 0.469. The molecule has 25 heavy (non-hydrogen) atoms. The van der Waals surface area contributed by atoms with Gasteiger partial charge in [0, 0.05) is 64.4 Å². The number of nitro benzene ring substituents is 1. The number of nitro groups is 1. The van der Waals surface area contributed by atoms with Crippen molar-refractivity contribution in [1.82, 2.24) is 15.1 Å². The second kappa shape index (κ2) is 8.93. The third-order valence-corrected chi connectivity index (χ3v) is 4.08. The Kier molecular flexibility index (Phi) is 6.64. The highest BCUT2D eigenvalue weighted by atomic mass is 16.6. The number of nitrogens with one attached hydrogen (secondary N) is 1. The van der Waals surface area contributed by atoms with Gasteiger partial charge in [-0.3, -0.25) is 24.6 Å². The molecule has 134 valence electrons. The Balaban J connectivity index is 1.68. The summed E-state index contributed by atoms with van der Waals surface area (Å²) in [4.78, 5) is 37.2. The number of hydrogen-bond acceptors (Lipinski definition) is 5. The predicted octanol–water partition coefficient (Wildman–Crippen LogP) is 0.888. The molecule has 0 aliphatic carbocycles. The highest BCUT2D eigenvalue weighted by molar-refractivity contribution is 5.91. The molecule has 1 heterocycles. The molecule has 0 bridgehead atoms. The summed E-state index contributed by atoms with van der Waals surface area (Å²) in [6, 6.07) is 5.99. The Bertz CT molecular complexity index is 649. The summed E-state index contributed by atoms with van der Waals surface area (Å²) in [5, 5.41) is 13.4. The van der Waals surface area contributed by atoms with Gasteiger partial charge in [-0.05, 0) is 23.8 Å². The van der Waals surface area contributed by atoms with Crippen LogP contribution in [0.5, 0.6) is 0 Å². The molecule has 2 amide bonds. The molecule has 0 saturated carbocycles. The van der Waals surface area contributed by atoms with Crippen LogP contribution in [-0.2, 0) is 9.59 Å². The van der Waals surface area contributed by atoms with E-state index in [2.05, 4.69) is 10.2 Å². The number of non-ortho nitro benzene ring substituents is 1. The van der Waals surface area contributed by atoms with E-state index < -0.39 is 4.92 Å². The molecule has 2 rings (SSSR count). The van der Waals surface area contributed by atoms with Crippen LogP contribution in [0.3, 0.4) is 0 Å². The van der Waals surface area contributed by atoms with E-state index in [1.165, 1.54) is 18.2 Å². The van der Waals surface area contributed by atoms with Gasteiger partial charge in [-0.15, -0.1) is 0 Å². The molecule has 1 fully saturated rings. The van der Waals surface area contributed by atoms with E-state index in [1.54, 1.807) is 25.1 Å². The molecular weight excluding hydrogens is 324 g/mol. The van der Waals surface area contributed by atoms with Crippen LogP contribution in [0.1, 0.15) is 12.5 Å². The molecule has 1 aromatic carbocycles. The second-order valence-corrected chi connectivity index (χ2v) is 5.82. The van der Waals surface area contributed by atoms with Crippen LogP contribution < -0.4 is 5.32 Å². The fourth-order valence-electron chi connectivity index (χ4n) is 2.56. The first-order valence-electron chi connectivity index (χ1n) is 8.14. The molecule has 1 saturated heterocycles. The summed E-state index contributed by atoms with van der Waals surface area (Å²) in [7, 11) is 0. The van der Waals surface area contributed by atoms with Crippen molar-refractivity contribution >= 4 is 23.6 Å². The Morgan fingerprint density at radius 1 is 1.20 bits per heavy atom. The number of hydrogen-bond donors (Lipinski definition) is 1. The molecule has 0 spiro atoms. The highest BCUT2D eigenvalue weighted by Gasteiger charge is 2.17. The molecular formula is C17H22N4O4. The third kappa shape index (κ3) is 6.00. The van der Waals surface area contributed by atoms with E-state index in [1.807, 2.05) is 4.90 Å². The Morgan fingerprint density at radius 3 is 2.40 bits per heavy atom. The molecule has 1 aliphatic rings. The van der Waals surface area contributed by atoms with Crippen molar-refractivity contribution in [2.45, 2.75) is 6.92 Å². The van der Waals surface area contributed by atoms with Crippen LogP contribution in [0.15, 0.2) is 30.3 Å². The molecule has 0 atom stereocenters. The van der Waals surface area contributed by atoms with E-state index in [-0.39, 0.29) is 17.5 Å². The molecule has 1 N–H and O–H groups in total. The van der Waals surface area contributed by atoms with Gasteiger partial charge < -0.3 is 10.2 Å². The van der Waals surface area contributed by atoms with Crippen molar-refractivity contribution in [1.29, 1.82) is 0 Å². The SMILES string of the molecule is CC(=O)N1CCN(CCNC(=O)/C=C\c2ccc([N+](=O)[O-])cc2)CC1. The van der Waals surface area contributed by atoms with Gasteiger partial charge in [0.15, 0.2) is 0 Å². The number of amides is 2. The maximum Gasteiger partial charge on any atom is 0.269 e. The van der Waals surface area contributed by atoms with Crippen molar-refractivity contribution in [3.8, 4) is 0 Å². The summed E-state index contributed by atoms with van der Waals surface area (Å²) < 4.78 is 0. The Hall–Kier alpha value is -2.74. The molecule has 0 radical (unpaired) electrons. The zero-order chi connectivity index (χ0) is 18.2. The third-order valence-electron chi connectivity index (χ3n) is 4.08. The minimum atomic E-state index is -0.462. The van der Waals surface area contributed by atoms with Crippen molar-refractivity contribution in [2.24, 2.45) is 0 Å². The average Bonchev–Trinajstić information content (AvgIpc) is 2.60. The first-order valence-corrected chi connectivity index (χ1v) is 8.14. The molecule has 1 aliphatic heterocycles. The summed E-state index contributed by atoms with van der Waals surface area (Å²) >= 11 is 0. The first kappa shape index (κ1) is 18.6. The summed E-state index contributed by atoms with van der Waals surface area (Å²) in [5.41, 5.74) is 0.743. The van der Waals surface area contributed by atoms with Crippen molar-refractivity contribution in [3.63, 3.8) is 0 Å². The van der Waals surface area contributed by atoms with E-state index >= 15 is 0 Å². The van der Waals surface area contributed by atoms with Gasteiger partial charge in [0.25, 0.3) is 5.69 Å². The summed E-state index contributed by atoms with van der Waals surface area (Å²) in [6.07, 6.45) is 3.03. The van der Waals surface area contributed by atoms with Crippen molar-refractivity contribution in [3.05, 3.63) is 46.0 Å². The molecule has 8 heteroatoms. The topological polar surface area (TPSA) is 95.8 Å². The van der Waals surface area contributed by atoms with E-state index in [0.29, 0.717) is 6.54 Å². The summed E-state index contributed by atoms with van der Waals surface area (Å²) in [6.45, 7) is 5.92. The second-order valence-electron chi connectivity index (χ2n) is 5.82. The van der Waals surface area contributed by atoms with Crippen molar-refractivity contribution < 1.29 is 14.5 Å². The van der Waals surface area contributed by atoms with Gasteiger partial charge in [-0.2, -0.15) is 0 Å². The molecule has 1 aromatic rings. The van der Waals surface area contributed by atoms with Gasteiger partial charge >= 0.3 is 0 Å². The number of carbonyl (C=O) groups excluding carboxylic acids is 2. The molecule has 8 nitrogen and oxygen atoms in total. The van der Waals surface area contributed by atoms with Gasteiger partial charge in [0.1, 0.15) is 0 Å². The lowest BCUT2D eigenvalue weighted by atomic mass is 10.2. The maximum absolute atomic E-state index is 11.8. The van der Waals surface area contributed by atoms with Crippen LogP contribution in [0.2, 0.25) is 0 Å². The standard InChI is InChI=1S/C17H22N4O4/c1-14(22)20-12-10-19(11-13-20)9-8-18-17(23)7-4-15-2-5-16(6-3-15)21(24)25/h2-7H,8-13H2,1H3,(H,18,23)/b7-4-. The number of benzene rings is 1. The largest absolute Gasteiger partial charge is 0.351 e. The van der Waals surface area contributed by atoms with Crippen LogP contribution in [0.4, 0.5) is 5.69 Å². The molecule has 0 unspecified atom stereocenters. The Labute approximate surface area is 146 Å². The highest BCUT2D eigenvalue weighted by Crippen LogP contribution is 2.12. The van der Waals surface area contributed by atoms with E-state index in [0.717, 1.165) is 38.3 Å². The number of piperazine rings is 1. The molecule has 0 aromatic heterocycles. The van der Waals surface area contributed by atoms with Gasteiger partial charge in [-0.1, -0.05) is 0 Å². The zero-order valence-electron chi connectivity index (χ0n) is 14.2. The minimum Gasteiger partial charge on any atom is -0.351 e. The smallest absolute Gasteiger partial charge is 0.269 e. The normalized spacial score (nSPS) is 15.3. The summed E-state index contributed by atoms with van der Waals surface area (Å²) in [5.74, 6) is -0.106. The van der Waals surface area contributed by atoms with Gasteiger partial charge in [0.2, 0.25) is 11.8 Å². The number of nitrogens with zero attached hydrogens (tertiary/aromatic N) is 3. The fourth-order valence-corrected chi connectivity index (χ4v) is 2.56. The van der Waals surface area contributed by atoms with E-state index in [9.17, 15) is 19.7 Å².